The van der Waals surface area contributed by atoms with E-state index in [1.807, 2.05) is 6.92 Å². The first-order valence-electron chi connectivity index (χ1n) is 10.1. The number of aromatic amines is 1. The largest absolute Gasteiger partial charge is 0.389 e. The van der Waals surface area contributed by atoms with Crippen molar-refractivity contribution in [3.8, 4) is 0 Å². The van der Waals surface area contributed by atoms with Crippen LogP contribution in [0.5, 0.6) is 0 Å². The van der Waals surface area contributed by atoms with Gasteiger partial charge in [-0.15, -0.1) is 11.3 Å². The minimum Gasteiger partial charge on any atom is -0.389 e. The van der Waals surface area contributed by atoms with Gasteiger partial charge in [0, 0.05) is 24.1 Å². The van der Waals surface area contributed by atoms with Gasteiger partial charge in [-0.25, -0.2) is 4.98 Å². The molecule has 0 aromatic carbocycles. The highest BCUT2D eigenvalue weighted by Gasteiger charge is 2.31. The Hall–Kier alpha value is -1.28. The van der Waals surface area contributed by atoms with E-state index in [2.05, 4.69) is 16.8 Å². The first-order chi connectivity index (χ1) is 13.0. The molecule has 0 radical (unpaired) electrons. The summed E-state index contributed by atoms with van der Waals surface area (Å²) in [5, 5.41) is 11.0. The summed E-state index contributed by atoms with van der Waals surface area (Å²) in [6.45, 7) is 6.27. The maximum Gasteiger partial charge on any atom is 0.259 e. The zero-order valence-electron chi connectivity index (χ0n) is 16.2. The van der Waals surface area contributed by atoms with Crippen molar-refractivity contribution < 1.29 is 9.84 Å². The van der Waals surface area contributed by atoms with Gasteiger partial charge < -0.3 is 14.8 Å². The third-order valence-electron chi connectivity index (χ3n) is 5.59. The first-order valence-corrected chi connectivity index (χ1v) is 10.9. The number of aliphatic hydroxyl groups excluding tert-OH is 1. The molecule has 0 bridgehead atoms. The summed E-state index contributed by atoms with van der Waals surface area (Å²) in [5.74, 6) is 1.39. The fourth-order valence-electron chi connectivity index (χ4n) is 4.02. The summed E-state index contributed by atoms with van der Waals surface area (Å²) >= 11 is 1.69. The van der Waals surface area contributed by atoms with E-state index in [0.29, 0.717) is 44.1 Å². The molecule has 148 valence electrons. The van der Waals surface area contributed by atoms with Gasteiger partial charge >= 0.3 is 0 Å². The van der Waals surface area contributed by atoms with Crippen LogP contribution in [0.2, 0.25) is 0 Å². The monoisotopic (exact) mass is 391 g/mol. The number of ether oxygens (including phenoxy) is 1. The Balaban J connectivity index is 1.55. The van der Waals surface area contributed by atoms with Crippen LogP contribution in [0.3, 0.4) is 0 Å². The number of fused-ring (bicyclic) bond motifs is 3. The van der Waals surface area contributed by atoms with E-state index in [9.17, 15) is 9.90 Å². The highest BCUT2D eigenvalue weighted by Crippen LogP contribution is 2.36. The quantitative estimate of drug-likeness (QED) is 0.723. The summed E-state index contributed by atoms with van der Waals surface area (Å²) in [4.78, 5) is 25.0. The second kappa shape index (κ2) is 7.99. The number of aryl methyl sites for hydroxylation is 1. The van der Waals surface area contributed by atoms with Crippen LogP contribution in [-0.2, 0) is 24.1 Å². The van der Waals surface area contributed by atoms with Gasteiger partial charge in [-0.05, 0) is 50.5 Å². The average Bonchev–Trinajstić information content (AvgIpc) is 3.40. The number of hydrogen-bond acceptors (Lipinski definition) is 6. The SMILES string of the molecule is CCOC[C@H](O)CN(Cc1nc2sc3c(c2c(=O)[nH]1)CC[C@@H](C)C3)C1CC1. The molecule has 0 aliphatic heterocycles. The number of aromatic nitrogens is 2. The van der Waals surface area contributed by atoms with E-state index in [4.69, 9.17) is 9.72 Å². The molecule has 6 nitrogen and oxygen atoms in total. The van der Waals surface area contributed by atoms with E-state index in [0.717, 1.165) is 42.3 Å². The molecule has 1 saturated carbocycles. The maximum atomic E-state index is 12.8. The number of H-pyrrole nitrogens is 1. The maximum absolute atomic E-state index is 12.8. The summed E-state index contributed by atoms with van der Waals surface area (Å²) in [6, 6.07) is 0.472. The van der Waals surface area contributed by atoms with Crippen LogP contribution in [0.4, 0.5) is 0 Å². The van der Waals surface area contributed by atoms with Gasteiger partial charge in [-0.2, -0.15) is 0 Å². The lowest BCUT2D eigenvalue weighted by Gasteiger charge is -2.24. The number of rotatable bonds is 8. The van der Waals surface area contributed by atoms with Crippen LogP contribution in [0, 0.1) is 5.92 Å². The lowest BCUT2D eigenvalue weighted by molar-refractivity contribution is 0.0174. The van der Waals surface area contributed by atoms with Gasteiger partial charge in [-0.1, -0.05) is 6.92 Å². The van der Waals surface area contributed by atoms with E-state index < -0.39 is 6.10 Å². The molecule has 2 aliphatic carbocycles. The molecular weight excluding hydrogens is 362 g/mol. The van der Waals surface area contributed by atoms with Gasteiger partial charge in [0.15, 0.2) is 0 Å². The Morgan fingerprint density at radius 3 is 2.96 bits per heavy atom. The van der Waals surface area contributed by atoms with Crippen molar-refractivity contribution in [3.05, 3.63) is 26.6 Å². The standard InChI is InChI=1S/C20H29N3O3S/c1-3-26-11-14(24)9-23(13-5-6-13)10-17-21-19(25)18-15-7-4-12(2)8-16(15)27-20(18)22-17/h12-14,24H,3-11H2,1-2H3,(H,21,22,25)/t12-,14-/m1/s1. The topological polar surface area (TPSA) is 78.5 Å². The molecule has 2 atom stereocenters. The summed E-state index contributed by atoms with van der Waals surface area (Å²) in [7, 11) is 0. The minimum absolute atomic E-state index is 0.00679. The molecule has 0 saturated heterocycles. The number of nitrogens with one attached hydrogen (secondary N) is 1. The molecule has 7 heteroatoms. The van der Waals surface area contributed by atoms with Crippen molar-refractivity contribution >= 4 is 21.6 Å². The number of nitrogens with zero attached hydrogens (tertiary/aromatic N) is 2. The molecule has 2 aromatic heterocycles. The highest BCUT2D eigenvalue weighted by atomic mass is 32.1. The first kappa shape index (κ1) is 19.1. The smallest absolute Gasteiger partial charge is 0.259 e. The third-order valence-corrected chi connectivity index (χ3v) is 6.74. The molecule has 27 heavy (non-hydrogen) atoms. The van der Waals surface area contributed by atoms with Crippen LogP contribution in [0.25, 0.3) is 10.2 Å². The lowest BCUT2D eigenvalue weighted by atomic mass is 9.89. The second-order valence-electron chi connectivity index (χ2n) is 8.02. The predicted octanol–water partition coefficient (Wildman–Crippen LogP) is 2.47. The summed E-state index contributed by atoms with van der Waals surface area (Å²) in [5.41, 5.74) is 1.22. The van der Waals surface area contributed by atoms with Gasteiger partial charge in [0.1, 0.15) is 10.7 Å². The summed E-state index contributed by atoms with van der Waals surface area (Å²) in [6.07, 6.45) is 4.95. The van der Waals surface area contributed by atoms with Crippen molar-refractivity contribution in [1.82, 2.24) is 14.9 Å². The highest BCUT2D eigenvalue weighted by molar-refractivity contribution is 7.18. The number of thiophene rings is 1. The fourth-order valence-corrected chi connectivity index (χ4v) is 5.42. The van der Waals surface area contributed by atoms with Crippen LogP contribution in [-0.4, -0.2) is 51.9 Å². The van der Waals surface area contributed by atoms with Crippen molar-refractivity contribution in [3.63, 3.8) is 0 Å². The number of aliphatic hydroxyl groups is 1. The molecule has 2 N–H and O–H groups in total. The van der Waals surface area contributed by atoms with Gasteiger partial charge in [-0.3, -0.25) is 9.69 Å². The van der Waals surface area contributed by atoms with E-state index in [1.165, 1.54) is 10.4 Å². The van der Waals surface area contributed by atoms with Crippen molar-refractivity contribution in [1.29, 1.82) is 0 Å². The number of hydrogen-bond donors (Lipinski definition) is 2. The lowest BCUT2D eigenvalue weighted by Crippen LogP contribution is -2.37. The Morgan fingerprint density at radius 2 is 2.22 bits per heavy atom. The molecule has 2 aromatic rings. The normalized spacial score (nSPS) is 21.0. The molecule has 2 aliphatic rings. The van der Waals surface area contributed by atoms with E-state index >= 15 is 0 Å². The minimum atomic E-state index is -0.517. The Bertz CT molecular complexity index is 858. The third kappa shape index (κ3) is 4.26. The van der Waals surface area contributed by atoms with Crippen LogP contribution in [0.15, 0.2) is 4.79 Å². The van der Waals surface area contributed by atoms with Crippen LogP contribution in [0.1, 0.15) is 49.4 Å². The van der Waals surface area contributed by atoms with Gasteiger partial charge in [0.25, 0.3) is 5.56 Å². The van der Waals surface area contributed by atoms with Gasteiger partial charge in [0.05, 0.1) is 24.6 Å². The Kier molecular flexibility index (Phi) is 5.64. The van der Waals surface area contributed by atoms with Crippen molar-refractivity contribution in [2.75, 3.05) is 19.8 Å². The zero-order valence-corrected chi connectivity index (χ0v) is 17.0. The Morgan fingerprint density at radius 1 is 1.41 bits per heavy atom. The fraction of sp³-hybridized carbons (Fsp3) is 0.700. The molecular formula is C20H29N3O3S. The van der Waals surface area contributed by atoms with Crippen molar-refractivity contribution in [2.45, 2.75) is 64.6 Å². The summed E-state index contributed by atoms with van der Waals surface area (Å²) < 4.78 is 5.33. The second-order valence-corrected chi connectivity index (χ2v) is 9.10. The van der Waals surface area contributed by atoms with Gasteiger partial charge in [0.2, 0.25) is 0 Å². The molecule has 0 spiro atoms. The molecule has 0 amide bonds. The Labute approximate surface area is 163 Å². The molecule has 4 rings (SSSR count). The van der Waals surface area contributed by atoms with Crippen LogP contribution >= 0.6 is 11.3 Å². The predicted molar refractivity (Wildman–Crippen MR) is 107 cm³/mol. The molecule has 1 fully saturated rings. The average molecular weight is 392 g/mol. The zero-order chi connectivity index (χ0) is 19.0. The molecule has 0 unspecified atom stereocenters. The van der Waals surface area contributed by atoms with E-state index in [-0.39, 0.29) is 5.56 Å². The van der Waals surface area contributed by atoms with Crippen LogP contribution < -0.4 is 5.56 Å². The van der Waals surface area contributed by atoms with E-state index in [1.54, 1.807) is 11.3 Å². The molecule has 2 heterocycles. The van der Waals surface area contributed by atoms with Crippen molar-refractivity contribution in [2.24, 2.45) is 5.92 Å².